The molecule has 0 atom stereocenters. The van der Waals surface area contributed by atoms with Crippen molar-refractivity contribution < 1.29 is 14.7 Å². The van der Waals surface area contributed by atoms with Crippen LogP contribution in [0, 0.1) is 0 Å². The van der Waals surface area contributed by atoms with Gasteiger partial charge in [0.15, 0.2) is 0 Å². The van der Waals surface area contributed by atoms with E-state index in [1.807, 2.05) is 39.9 Å². The summed E-state index contributed by atoms with van der Waals surface area (Å²) >= 11 is 0. The summed E-state index contributed by atoms with van der Waals surface area (Å²) in [4.78, 5) is 14.2. The van der Waals surface area contributed by atoms with Gasteiger partial charge in [0.05, 0.1) is 19.4 Å². The van der Waals surface area contributed by atoms with Crippen molar-refractivity contribution in [1.82, 2.24) is 9.47 Å². The van der Waals surface area contributed by atoms with Crippen molar-refractivity contribution in [3.05, 3.63) is 36.0 Å². The third-order valence-corrected chi connectivity index (χ3v) is 3.69. The average molecular weight is 287 g/mol. The third-order valence-electron chi connectivity index (χ3n) is 3.69. The van der Waals surface area contributed by atoms with E-state index in [1.165, 1.54) is 6.21 Å². The molecule has 0 saturated carbocycles. The Labute approximate surface area is 122 Å². The van der Waals surface area contributed by atoms with Crippen LogP contribution in [0.3, 0.4) is 0 Å². The largest absolute Gasteiger partial charge is 0.411 e. The summed E-state index contributed by atoms with van der Waals surface area (Å²) in [5.74, 6) is 0.0755. The molecule has 2 heterocycles. The first-order chi connectivity index (χ1) is 10.3. The molecule has 0 bridgehead atoms. The molecule has 1 amide bonds. The number of amides is 1. The fraction of sp³-hybridized carbons (Fsp3) is 0.333. The highest BCUT2D eigenvalue weighted by Gasteiger charge is 2.18. The second kappa shape index (κ2) is 5.97. The topological polar surface area (TPSA) is 67.1 Å². The fourth-order valence-electron chi connectivity index (χ4n) is 2.63. The molecule has 1 aromatic heterocycles. The zero-order chi connectivity index (χ0) is 14.7. The number of hydrogen-bond donors (Lipinski definition) is 1. The van der Waals surface area contributed by atoms with Crippen molar-refractivity contribution in [3.63, 3.8) is 0 Å². The molecule has 1 fully saturated rings. The average Bonchev–Trinajstić information content (AvgIpc) is 2.87. The van der Waals surface area contributed by atoms with Gasteiger partial charge in [-0.2, -0.15) is 0 Å². The molecule has 0 aliphatic carbocycles. The van der Waals surface area contributed by atoms with Gasteiger partial charge in [-0.25, -0.2) is 0 Å². The van der Waals surface area contributed by atoms with E-state index in [9.17, 15) is 4.79 Å². The maximum absolute atomic E-state index is 12.3. The SMILES string of the molecule is O=C(Cn1cc(/C=N\O)c2ccccc21)N1CCOCC1. The van der Waals surface area contributed by atoms with Gasteiger partial charge < -0.3 is 19.4 Å². The van der Waals surface area contributed by atoms with Gasteiger partial charge in [-0.1, -0.05) is 23.4 Å². The zero-order valence-corrected chi connectivity index (χ0v) is 11.6. The Kier molecular flexibility index (Phi) is 3.87. The lowest BCUT2D eigenvalue weighted by molar-refractivity contribution is -0.135. The van der Waals surface area contributed by atoms with E-state index in [0.717, 1.165) is 16.5 Å². The molecule has 1 saturated heterocycles. The van der Waals surface area contributed by atoms with Crippen molar-refractivity contribution in [3.8, 4) is 0 Å². The third kappa shape index (κ3) is 2.75. The van der Waals surface area contributed by atoms with Gasteiger partial charge in [0.1, 0.15) is 6.54 Å². The van der Waals surface area contributed by atoms with Crippen LogP contribution < -0.4 is 0 Å². The van der Waals surface area contributed by atoms with Crippen LogP contribution in [0.4, 0.5) is 0 Å². The molecule has 6 nitrogen and oxygen atoms in total. The van der Waals surface area contributed by atoms with Crippen LogP contribution in [-0.2, 0) is 16.1 Å². The van der Waals surface area contributed by atoms with Crippen molar-refractivity contribution >= 4 is 23.0 Å². The quantitative estimate of drug-likeness (QED) is 0.526. The molecule has 1 aromatic carbocycles. The monoisotopic (exact) mass is 287 g/mol. The van der Waals surface area contributed by atoms with E-state index in [1.54, 1.807) is 0 Å². The Morgan fingerprint density at radius 1 is 1.33 bits per heavy atom. The number of para-hydroxylation sites is 1. The van der Waals surface area contributed by atoms with Crippen molar-refractivity contribution in [1.29, 1.82) is 0 Å². The van der Waals surface area contributed by atoms with Crippen LogP contribution in [-0.4, -0.2) is 53.1 Å². The highest BCUT2D eigenvalue weighted by Crippen LogP contribution is 2.20. The standard InChI is InChI=1S/C15H17N3O3/c19-15(17-5-7-21-8-6-17)11-18-10-12(9-16-20)13-3-1-2-4-14(13)18/h1-4,9-10,20H,5-8,11H2/b16-9-. The highest BCUT2D eigenvalue weighted by atomic mass is 16.5. The molecular weight excluding hydrogens is 270 g/mol. The lowest BCUT2D eigenvalue weighted by Gasteiger charge is -2.27. The van der Waals surface area contributed by atoms with Crippen molar-refractivity contribution in [2.24, 2.45) is 5.16 Å². The molecule has 6 heteroatoms. The molecule has 21 heavy (non-hydrogen) atoms. The Morgan fingerprint density at radius 2 is 2.10 bits per heavy atom. The second-order valence-corrected chi connectivity index (χ2v) is 4.97. The lowest BCUT2D eigenvalue weighted by atomic mass is 10.2. The van der Waals surface area contributed by atoms with Crippen molar-refractivity contribution in [2.45, 2.75) is 6.54 Å². The molecular formula is C15H17N3O3. The number of ether oxygens (including phenoxy) is 1. The summed E-state index contributed by atoms with van der Waals surface area (Å²) in [6.45, 7) is 2.76. The van der Waals surface area contributed by atoms with E-state index in [4.69, 9.17) is 9.94 Å². The summed E-state index contributed by atoms with van der Waals surface area (Å²) in [7, 11) is 0. The second-order valence-electron chi connectivity index (χ2n) is 4.97. The number of carbonyl (C=O) groups is 1. The Bertz CT molecular complexity index is 672. The highest BCUT2D eigenvalue weighted by molar-refractivity contribution is 5.99. The van der Waals surface area contributed by atoms with Gasteiger partial charge in [-0.3, -0.25) is 4.79 Å². The number of morpholine rings is 1. The number of carbonyl (C=O) groups excluding carboxylic acids is 1. The van der Waals surface area contributed by atoms with Crippen LogP contribution in [0.1, 0.15) is 5.56 Å². The van der Waals surface area contributed by atoms with Gasteiger partial charge in [0, 0.05) is 35.8 Å². The van der Waals surface area contributed by atoms with Gasteiger partial charge in [0.2, 0.25) is 5.91 Å². The normalized spacial score (nSPS) is 15.9. The molecule has 2 aromatic rings. The number of oxime groups is 1. The van der Waals surface area contributed by atoms with E-state index < -0.39 is 0 Å². The van der Waals surface area contributed by atoms with Crippen LogP contribution in [0.15, 0.2) is 35.6 Å². The summed E-state index contributed by atoms with van der Waals surface area (Å²) < 4.78 is 7.15. The van der Waals surface area contributed by atoms with E-state index in [0.29, 0.717) is 26.3 Å². The Morgan fingerprint density at radius 3 is 2.86 bits per heavy atom. The first-order valence-electron chi connectivity index (χ1n) is 6.90. The number of fused-ring (bicyclic) bond motifs is 1. The van der Waals surface area contributed by atoms with E-state index >= 15 is 0 Å². The predicted octanol–water partition coefficient (Wildman–Crippen LogP) is 1.31. The van der Waals surface area contributed by atoms with Crippen LogP contribution >= 0.6 is 0 Å². The summed E-state index contributed by atoms with van der Waals surface area (Å²) in [5, 5.41) is 12.8. The maximum Gasteiger partial charge on any atom is 0.242 e. The van der Waals surface area contributed by atoms with Crippen molar-refractivity contribution in [2.75, 3.05) is 26.3 Å². The van der Waals surface area contributed by atoms with Crippen LogP contribution in [0.25, 0.3) is 10.9 Å². The molecule has 3 rings (SSSR count). The summed E-state index contributed by atoms with van der Waals surface area (Å²) in [5.41, 5.74) is 1.75. The van der Waals surface area contributed by atoms with Gasteiger partial charge in [0.25, 0.3) is 0 Å². The number of hydrogen-bond acceptors (Lipinski definition) is 4. The van der Waals surface area contributed by atoms with E-state index in [-0.39, 0.29) is 12.5 Å². The molecule has 110 valence electrons. The summed E-state index contributed by atoms with van der Waals surface area (Å²) in [6.07, 6.45) is 3.22. The molecule has 0 spiro atoms. The summed E-state index contributed by atoms with van der Waals surface area (Å²) in [6, 6.07) is 7.75. The molecule has 1 N–H and O–H groups in total. The predicted molar refractivity (Wildman–Crippen MR) is 78.7 cm³/mol. The van der Waals surface area contributed by atoms with E-state index in [2.05, 4.69) is 5.16 Å². The first-order valence-corrected chi connectivity index (χ1v) is 6.90. The molecule has 0 unspecified atom stereocenters. The number of rotatable bonds is 3. The lowest BCUT2D eigenvalue weighted by Crippen LogP contribution is -2.42. The fourth-order valence-corrected chi connectivity index (χ4v) is 2.63. The Balaban J connectivity index is 1.88. The Hall–Kier alpha value is -2.34. The number of nitrogens with zero attached hydrogens (tertiary/aromatic N) is 3. The minimum Gasteiger partial charge on any atom is -0.411 e. The van der Waals surface area contributed by atoms with Crippen LogP contribution in [0.5, 0.6) is 0 Å². The zero-order valence-electron chi connectivity index (χ0n) is 11.6. The van der Waals surface area contributed by atoms with Gasteiger partial charge in [-0.05, 0) is 6.07 Å². The van der Waals surface area contributed by atoms with Crippen LogP contribution in [0.2, 0.25) is 0 Å². The number of benzene rings is 1. The molecule has 1 aliphatic heterocycles. The minimum atomic E-state index is 0.0755. The van der Waals surface area contributed by atoms with Gasteiger partial charge >= 0.3 is 0 Å². The minimum absolute atomic E-state index is 0.0755. The smallest absolute Gasteiger partial charge is 0.242 e. The first kappa shape index (κ1) is 13.6. The number of aromatic nitrogens is 1. The molecule has 1 aliphatic rings. The molecule has 0 radical (unpaired) electrons. The maximum atomic E-state index is 12.3. The van der Waals surface area contributed by atoms with Gasteiger partial charge in [-0.15, -0.1) is 0 Å².